The zero-order valence-corrected chi connectivity index (χ0v) is 19.5. The van der Waals surface area contributed by atoms with Gasteiger partial charge in [-0.3, -0.25) is 4.79 Å². The van der Waals surface area contributed by atoms with E-state index in [1.54, 1.807) is 45.9 Å². The van der Waals surface area contributed by atoms with E-state index in [2.05, 4.69) is 0 Å². The molecule has 0 aromatic heterocycles. The number of hydrogen-bond donors (Lipinski definition) is 2. The van der Waals surface area contributed by atoms with Crippen LogP contribution >= 0.6 is 0 Å². The number of Topliss-reactive ketones (excluding diaryl/α,β-unsaturated/α-hetero) is 2. The number of esters is 1. The molecule has 31 heavy (non-hydrogen) atoms. The maximum Gasteiger partial charge on any atom is 0.335 e. The Morgan fingerprint density at radius 3 is 2.45 bits per heavy atom. The molecule has 0 aromatic carbocycles. The molecule has 0 bridgehead atoms. The van der Waals surface area contributed by atoms with Crippen molar-refractivity contribution in [1.29, 1.82) is 0 Å². The SMILES string of the molecule is CC(=O)C[C@H]1C(=O)C(CO)=CC[C@](C)(C/C=C/C(C)(C)O)[C@H]1/C=C/OC(=O)C=C(C)C. The third kappa shape index (κ3) is 8.75. The van der Waals surface area contributed by atoms with Crippen LogP contribution in [0.4, 0.5) is 0 Å². The van der Waals surface area contributed by atoms with E-state index in [0.717, 1.165) is 5.57 Å². The number of aliphatic hydroxyl groups excluding tert-OH is 1. The second kappa shape index (κ2) is 11.3. The molecule has 0 aromatic rings. The van der Waals surface area contributed by atoms with E-state index in [4.69, 9.17) is 4.74 Å². The lowest BCUT2D eigenvalue weighted by molar-refractivity contribution is -0.132. The van der Waals surface area contributed by atoms with Crippen molar-refractivity contribution in [1.82, 2.24) is 0 Å². The van der Waals surface area contributed by atoms with Crippen LogP contribution in [0.1, 0.15) is 60.8 Å². The molecule has 0 fully saturated rings. The van der Waals surface area contributed by atoms with Gasteiger partial charge in [0.15, 0.2) is 5.78 Å². The number of rotatable bonds is 9. The van der Waals surface area contributed by atoms with Crippen LogP contribution in [-0.2, 0) is 19.1 Å². The zero-order valence-electron chi connectivity index (χ0n) is 19.5. The van der Waals surface area contributed by atoms with Crippen LogP contribution in [0, 0.1) is 17.3 Å². The van der Waals surface area contributed by atoms with Gasteiger partial charge in [-0.05, 0) is 64.9 Å². The lowest BCUT2D eigenvalue weighted by Crippen LogP contribution is -2.35. The van der Waals surface area contributed by atoms with Crippen LogP contribution < -0.4 is 0 Å². The van der Waals surface area contributed by atoms with Gasteiger partial charge in [-0.1, -0.05) is 30.7 Å². The first kappa shape index (κ1) is 26.7. The largest absolute Gasteiger partial charge is 0.432 e. The van der Waals surface area contributed by atoms with Crippen LogP contribution in [0.5, 0.6) is 0 Å². The number of carbonyl (C=O) groups is 3. The lowest BCUT2D eigenvalue weighted by atomic mass is 9.66. The number of hydrogen-bond acceptors (Lipinski definition) is 6. The number of allylic oxidation sites excluding steroid dienone is 4. The average molecular weight is 433 g/mol. The first-order valence-electron chi connectivity index (χ1n) is 10.5. The number of aliphatic hydroxyl groups is 2. The Hall–Kier alpha value is -2.31. The fraction of sp³-hybridized carbons (Fsp3) is 0.560. The minimum Gasteiger partial charge on any atom is -0.432 e. The van der Waals surface area contributed by atoms with E-state index in [9.17, 15) is 24.6 Å². The van der Waals surface area contributed by atoms with Crippen molar-refractivity contribution in [2.75, 3.05) is 6.61 Å². The standard InChI is InChI=1S/C25H36O6/c1-17(2)14-22(28)31-13-9-21-20(15-18(3)27)23(29)19(16-26)8-12-25(21,6)11-7-10-24(4,5)30/h7-10,13-14,20-21,26,30H,11-12,15-16H2,1-6H3/b10-7+,13-9+/t20-,21+,25+/m1/s1. The number of ether oxygens (including phenoxy) is 1. The quantitative estimate of drug-likeness (QED) is 0.248. The van der Waals surface area contributed by atoms with Crippen LogP contribution in [-0.4, -0.2) is 40.0 Å². The first-order chi connectivity index (χ1) is 14.3. The molecular weight excluding hydrogens is 396 g/mol. The molecule has 3 atom stereocenters. The van der Waals surface area contributed by atoms with Crippen molar-refractivity contribution in [2.24, 2.45) is 17.3 Å². The lowest BCUT2D eigenvalue weighted by Gasteiger charge is -2.37. The van der Waals surface area contributed by atoms with Gasteiger partial charge in [0.1, 0.15) is 5.78 Å². The topological polar surface area (TPSA) is 101 Å². The Balaban J connectivity index is 3.38. The smallest absolute Gasteiger partial charge is 0.335 e. The molecule has 172 valence electrons. The predicted molar refractivity (Wildman–Crippen MR) is 120 cm³/mol. The third-order valence-corrected chi connectivity index (χ3v) is 5.37. The highest BCUT2D eigenvalue weighted by molar-refractivity contribution is 6.00. The van der Waals surface area contributed by atoms with E-state index >= 15 is 0 Å². The third-order valence-electron chi connectivity index (χ3n) is 5.37. The molecule has 6 nitrogen and oxygen atoms in total. The predicted octanol–water partition coefficient (Wildman–Crippen LogP) is 3.84. The molecule has 0 amide bonds. The van der Waals surface area contributed by atoms with E-state index in [0.29, 0.717) is 18.4 Å². The normalized spacial score (nSPS) is 24.8. The summed E-state index contributed by atoms with van der Waals surface area (Å²) in [4.78, 5) is 36.9. The summed E-state index contributed by atoms with van der Waals surface area (Å²) in [5.74, 6) is -2.02. The van der Waals surface area contributed by atoms with Crippen molar-refractivity contribution in [3.8, 4) is 0 Å². The maximum absolute atomic E-state index is 13.1. The molecule has 0 aliphatic heterocycles. The maximum atomic E-state index is 13.1. The van der Waals surface area contributed by atoms with Crippen molar-refractivity contribution in [3.63, 3.8) is 0 Å². The first-order valence-corrected chi connectivity index (χ1v) is 10.5. The summed E-state index contributed by atoms with van der Waals surface area (Å²) in [5, 5.41) is 19.7. The minimum atomic E-state index is -0.979. The summed E-state index contributed by atoms with van der Waals surface area (Å²) < 4.78 is 5.17. The Morgan fingerprint density at radius 1 is 1.29 bits per heavy atom. The summed E-state index contributed by atoms with van der Waals surface area (Å²) in [6, 6.07) is 0. The molecule has 0 spiro atoms. The van der Waals surface area contributed by atoms with E-state index < -0.39 is 35.4 Å². The summed E-state index contributed by atoms with van der Waals surface area (Å²) >= 11 is 0. The second-order valence-corrected chi connectivity index (χ2v) is 9.40. The average Bonchev–Trinajstić information content (AvgIpc) is 2.70. The summed E-state index contributed by atoms with van der Waals surface area (Å²) in [6.45, 7) is 9.94. The molecule has 0 saturated carbocycles. The van der Waals surface area contributed by atoms with Gasteiger partial charge in [-0.15, -0.1) is 0 Å². The molecule has 6 heteroatoms. The summed E-state index contributed by atoms with van der Waals surface area (Å²) in [7, 11) is 0. The molecule has 0 heterocycles. The molecule has 0 radical (unpaired) electrons. The molecule has 1 aliphatic carbocycles. The van der Waals surface area contributed by atoms with Gasteiger partial charge in [0, 0.05) is 24.0 Å². The van der Waals surface area contributed by atoms with Crippen LogP contribution in [0.2, 0.25) is 0 Å². The van der Waals surface area contributed by atoms with E-state index in [1.807, 2.05) is 13.0 Å². The van der Waals surface area contributed by atoms with Gasteiger partial charge < -0.3 is 19.7 Å². The second-order valence-electron chi connectivity index (χ2n) is 9.40. The summed E-state index contributed by atoms with van der Waals surface area (Å²) in [5.41, 5.74) is -0.391. The van der Waals surface area contributed by atoms with Crippen LogP contribution in [0.25, 0.3) is 0 Å². The monoisotopic (exact) mass is 432 g/mol. The van der Waals surface area contributed by atoms with Gasteiger partial charge in [-0.25, -0.2) is 4.79 Å². The molecule has 1 rings (SSSR count). The Kier molecular flexibility index (Phi) is 9.78. The highest BCUT2D eigenvalue weighted by Crippen LogP contribution is 2.46. The van der Waals surface area contributed by atoms with Crippen LogP contribution in [0.3, 0.4) is 0 Å². The van der Waals surface area contributed by atoms with Crippen molar-refractivity contribution < 1.29 is 29.3 Å². The number of ketones is 2. The molecule has 1 aliphatic rings. The molecule has 0 unspecified atom stereocenters. The van der Waals surface area contributed by atoms with E-state index in [1.165, 1.54) is 19.3 Å². The highest BCUT2D eigenvalue weighted by Gasteiger charge is 2.43. The minimum absolute atomic E-state index is 0.0257. The molecular formula is C25H36O6. The van der Waals surface area contributed by atoms with Gasteiger partial charge in [-0.2, -0.15) is 0 Å². The Morgan fingerprint density at radius 2 is 1.94 bits per heavy atom. The van der Waals surface area contributed by atoms with Crippen LogP contribution in [0.15, 0.2) is 47.8 Å². The van der Waals surface area contributed by atoms with Gasteiger partial charge in [0.2, 0.25) is 0 Å². The van der Waals surface area contributed by atoms with Crippen molar-refractivity contribution in [2.45, 2.75) is 66.4 Å². The number of carbonyl (C=O) groups excluding carboxylic acids is 3. The van der Waals surface area contributed by atoms with Gasteiger partial charge in [0.25, 0.3) is 0 Å². The van der Waals surface area contributed by atoms with E-state index in [-0.39, 0.29) is 18.0 Å². The van der Waals surface area contributed by atoms with Gasteiger partial charge in [0.05, 0.1) is 18.5 Å². The fourth-order valence-corrected chi connectivity index (χ4v) is 3.81. The Bertz CT molecular complexity index is 789. The van der Waals surface area contributed by atoms with Crippen molar-refractivity contribution >= 4 is 17.5 Å². The molecule has 0 saturated heterocycles. The Labute approximate surface area is 185 Å². The van der Waals surface area contributed by atoms with Gasteiger partial charge >= 0.3 is 5.97 Å². The fourth-order valence-electron chi connectivity index (χ4n) is 3.81. The highest BCUT2D eigenvalue weighted by atomic mass is 16.5. The van der Waals surface area contributed by atoms with Crippen molar-refractivity contribution in [3.05, 3.63) is 47.8 Å². The summed E-state index contributed by atoms with van der Waals surface area (Å²) in [6.07, 6.45) is 10.6. The zero-order chi connectivity index (χ0) is 23.8. The molecule has 2 N–H and O–H groups in total.